The summed E-state index contributed by atoms with van der Waals surface area (Å²) in [7, 11) is 0. The molecule has 5 aliphatic rings. The SMILES string of the molecule is CC1(C)CC[C@]2(C=O)CC[C@]3(C)C(OC(=O)C[C@@H]4[C@@]5(C)C=C(C#N)C(=O)C(C)(C)[C@@H]5CC[C@]43C)C2C1. The van der Waals surface area contributed by atoms with Gasteiger partial charge in [-0.25, -0.2) is 0 Å². The molecule has 0 bridgehead atoms. The first-order chi connectivity index (χ1) is 16.6. The van der Waals surface area contributed by atoms with Gasteiger partial charge in [0.2, 0.25) is 0 Å². The summed E-state index contributed by atoms with van der Waals surface area (Å²) in [5.74, 6) is -0.214. The number of hydrogen-bond acceptors (Lipinski definition) is 5. The molecule has 5 rings (SSSR count). The van der Waals surface area contributed by atoms with Crippen LogP contribution < -0.4 is 0 Å². The number of carbonyl (C=O) groups excluding carboxylic acids is 3. The van der Waals surface area contributed by atoms with Crippen molar-refractivity contribution in [2.75, 3.05) is 0 Å². The molecule has 0 aromatic heterocycles. The van der Waals surface area contributed by atoms with Gasteiger partial charge in [-0.1, -0.05) is 54.5 Å². The number of nitrogens with zero attached hydrogens (tertiary/aromatic N) is 1. The summed E-state index contributed by atoms with van der Waals surface area (Å²) in [6.07, 6.45) is 9.37. The van der Waals surface area contributed by atoms with Crippen molar-refractivity contribution in [3.8, 4) is 6.07 Å². The molecule has 0 aromatic carbocycles. The zero-order chi connectivity index (χ0) is 26.5. The Labute approximate surface area is 216 Å². The van der Waals surface area contributed by atoms with Gasteiger partial charge in [0.15, 0.2) is 5.78 Å². The van der Waals surface area contributed by atoms with Crippen molar-refractivity contribution in [2.45, 2.75) is 106 Å². The van der Waals surface area contributed by atoms with Crippen molar-refractivity contribution in [1.29, 1.82) is 5.26 Å². The van der Waals surface area contributed by atoms with E-state index in [1.165, 1.54) is 6.29 Å². The lowest BCUT2D eigenvalue weighted by molar-refractivity contribution is -0.214. The van der Waals surface area contributed by atoms with Crippen LogP contribution >= 0.6 is 0 Å². The Kier molecular flexibility index (Phi) is 5.38. The molecule has 2 unspecified atom stereocenters. The minimum atomic E-state index is -0.654. The van der Waals surface area contributed by atoms with Gasteiger partial charge in [-0.3, -0.25) is 9.59 Å². The summed E-state index contributed by atoms with van der Waals surface area (Å²) in [6.45, 7) is 15.4. The number of ketones is 1. The van der Waals surface area contributed by atoms with Gasteiger partial charge in [-0.05, 0) is 73.0 Å². The van der Waals surface area contributed by atoms with Crippen LogP contribution in [0.5, 0.6) is 0 Å². The Morgan fingerprint density at radius 2 is 1.61 bits per heavy atom. The average molecular weight is 494 g/mol. The first-order valence-corrected chi connectivity index (χ1v) is 13.9. The van der Waals surface area contributed by atoms with Crippen molar-refractivity contribution in [2.24, 2.45) is 50.2 Å². The maximum atomic E-state index is 13.6. The number of fused-ring (bicyclic) bond motifs is 7. The third kappa shape index (κ3) is 3.08. The second-order valence-electron chi connectivity index (χ2n) is 15.0. The molecule has 8 atom stereocenters. The number of Topliss-reactive ketones (excluding diaryl/α,β-unsaturated/α-hetero) is 1. The van der Waals surface area contributed by atoms with E-state index < -0.39 is 16.2 Å². The molecular weight excluding hydrogens is 450 g/mol. The van der Waals surface area contributed by atoms with Crippen molar-refractivity contribution >= 4 is 18.0 Å². The van der Waals surface area contributed by atoms with Gasteiger partial charge >= 0.3 is 5.97 Å². The summed E-state index contributed by atoms with van der Waals surface area (Å²) in [5.41, 5.74) is -1.69. The Bertz CT molecular complexity index is 1100. The Morgan fingerprint density at radius 3 is 2.25 bits per heavy atom. The molecule has 0 N–H and O–H groups in total. The molecule has 5 heteroatoms. The second kappa shape index (κ2) is 7.55. The van der Waals surface area contributed by atoms with E-state index in [1.807, 2.05) is 19.9 Å². The second-order valence-corrected chi connectivity index (χ2v) is 15.0. The highest BCUT2D eigenvalue weighted by Crippen LogP contribution is 2.73. The lowest BCUT2D eigenvalue weighted by Crippen LogP contribution is -2.65. The monoisotopic (exact) mass is 493 g/mol. The van der Waals surface area contributed by atoms with Gasteiger partial charge < -0.3 is 9.53 Å². The summed E-state index contributed by atoms with van der Waals surface area (Å²) in [6, 6.07) is 2.18. The number of carbonyl (C=O) groups is 3. The van der Waals surface area contributed by atoms with Crippen LogP contribution in [0.1, 0.15) is 99.8 Å². The number of aldehydes is 1. The van der Waals surface area contributed by atoms with E-state index in [0.717, 1.165) is 44.9 Å². The summed E-state index contributed by atoms with van der Waals surface area (Å²) >= 11 is 0. The largest absolute Gasteiger partial charge is 0.461 e. The van der Waals surface area contributed by atoms with Crippen molar-refractivity contribution in [3.05, 3.63) is 11.6 Å². The summed E-state index contributed by atoms with van der Waals surface area (Å²) < 4.78 is 6.47. The molecule has 4 fully saturated rings. The van der Waals surface area contributed by atoms with E-state index in [2.05, 4.69) is 40.7 Å². The quantitative estimate of drug-likeness (QED) is 0.320. The highest BCUT2D eigenvalue weighted by molar-refractivity contribution is 6.04. The van der Waals surface area contributed by atoms with Crippen molar-refractivity contribution in [1.82, 2.24) is 0 Å². The Balaban J connectivity index is 1.66. The zero-order valence-electron chi connectivity index (χ0n) is 23.2. The van der Waals surface area contributed by atoms with E-state index in [0.29, 0.717) is 6.42 Å². The van der Waals surface area contributed by atoms with E-state index in [4.69, 9.17) is 4.74 Å². The number of allylic oxidation sites excluding steroid dienone is 2. The Hall–Kier alpha value is -1.96. The van der Waals surface area contributed by atoms with E-state index >= 15 is 0 Å². The maximum Gasteiger partial charge on any atom is 0.306 e. The van der Waals surface area contributed by atoms with Gasteiger partial charge in [0.25, 0.3) is 0 Å². The molecule has 0 amide bonds. The lowest BCUT2D eigenvalue weighted by atomic mass is 9.36. The standard InChI is InChI=1S/C31H43NO4/c1-26(2)10-12-31(18-33)13-11-30(7)25(20(31)16-26)36-23(34)14-22-28(5)15-19(17-32)24(35)27(3,4)21(28)8-9-29(22,30)6/h15,18,20-22,25H,8-14,16H2,1-7H3/t20?,21-,22+,25?,28-,29+,30+,31+/m0/s1. The Morgan fingerprint density at radius 1 is 0.944 bits per heavy atom. The van der Waals surface area contributed by atoms with Crippen LogP contribution in [0.3, 0.4) is 0 Å². The molecule has 1 heterocycles. The summed E-state index contributed by atoms with van der Waals surface area (Å²) in [4.78, 5) is 39.5. The van der Waals surface area contributed by atoms with Gasteiger partial charge in [0.05, 0.1) is 5.57 Å². The maximum absolute atomic E-state index is 13.6. The van der Waals surface area contributed by atoms with Gasteiger partial charge in [0, 0.05) is 28.6 Å². The molecule has 1 aliphatic heterocycles. The molecule has 4 aliphatic carbocycles. The van der Waals surface area contributed by atoms with Crippen LogP contribution in [0.15, 0.2) is 11.6 Å². The number of esters is 1. The molecule has 0 radical (unpaired) electrons. The number of nitriles is 1. The fraction of sp³-hybridized carbons (Fsp3) is 0.806. The third-order valence-electron chi connectivity index (χ3n) is 12.5. The predicted molar refractivity (Wildman–Crippen MR) is 136 cm³/mol. The highest BCUT2D eigenvalue weighted by Gasteiger charge is 2.71. The number of ether oxygens (including phenoxy) is 1. The van der Waals surface area contributed by atoms with Crippen LogP contribution in [0.2, 0.25) is 0 Å². The van der Waals surface area contributed by atoms with E-state index in [-0.39, 0.29) is 57.4 Å². The van der Waals surface area contributed by atoms with Crippen LogP contribution in [0.25, 0.3) is 0 Å². The van der Waals surface area contributed by atoms with Crippen LogP contribution in [0, 0.1) is 61.6 Å². The van der Waals surface area contributed by atoms with Crippen molar-refractivity contribution < 1.29 is 19.1 Å². The van der Waals surface area contributed by atoms with Crippen LogP contribution in [-0.2, 0) is 19.1 Å². The average Bonchev–Trinajstić information content (AvgIpc) is 2.89. The molecule has 5 nitrogen and oxygen atoms in total. The minimum Gasteiger partial charge on any atom is -0.461 e. The third-order valence-corrected chi connectivity index (χ3v) is 12.5. The highest BCUT2D eigenvalue weighted by atomic mass is 16.5. The molecule has 0 aromatic rings. The molecule has 1 saturated heterocycles. The zero-order valence-corrected chi connectivity index (χ0v) is 23.2. The number of hydrogen-bond donors (Lipinski definition) is 0. The van der Waals surface area contributed by atoms with Crippen LogP contribution in [-0.4, -0.2) is 24.1 Å². The van der Waals surface area contributed by atoms with E-state index in [1.54, 1.807) is 0 Å². The fourth-order valence-corrected chi connectivity index (χ4v) is 10.1. The first kappa shape index (κ1) is 25.7. The molecule has 3 saturated carbocycles. The molecule has 36 heavy (non-hydrogen) atoms. The van der Waals surface area contributed by atoms with Crippen molar-refractivity contribution in [3.63, 3.8) is 0 Å². The van der Waals surface area contributed by atoms with Crippen LogP contribution in [0.4, 0.5) is 0 Å². The van der Waals surface area contributed by atoms with Gasteiger partial charge in [-0.2, -0.15) is 5.26 Å². The fourth-order valence-electron chi connectivity index (χ4n) is 10.1. The summed E-state index contributed by atoms with van der Waals surface area (Å²) in [5, 5.41) is 9.87. The van der Waals surface area contributed by atoms with Gasteiger partial charge in [-0.15, -0.1) is 0 Å². The lowest BCUT2D eigenvalue weighted by Gasteiger charge is -2.67. The topological polar surface area (TPSA) is 84.2 Å². The first-order valence-electron chi connectivity index (χ1n) is 13.9. The van der Waals surface area contributed by atoms with E-state index in [9.17, 15) is 19.6 Å². The molecule has 0 spiro atoms. The smallest absolute Gasteiger partial charge is 0.306 e. The molecule has 196 valence electrons. The predicted octanol–water partition coefficient (Wildman–Crippen LogP) is 6.21. The normalized spacial score (nSPS) is 49.0. The number of rotatable bonds is 1. The molecular formula is C31H43NO4. The minimum absolute atomic E-state index is 0.0251. The van der Waals surface area contributed by atoms with Gasteiger partial charge in [0.1, 0.15) is 18.5 Å².